The molecule has 0 spiro atoms. The van der Waals surface area contributed by atoms with Crippen molar-refractivity contribution in [3.8, 4) is 0 Å². The fourth-order valence-electron chi connectivity index (χ4n) is 4.16. The summed E-state index contributed by atoms with van der Waals surface area (Å²) in [6.45, 7) is 9.16. The van der Waals surface area contributed by atoms with Crippen LogP contribution in [0, 0.1) is 29.6 Å². The summed E-state index contributed by atoms with van der Waals surface area (Å²) in [7, 11) is 0. The topological polar surface area (TPSA) is 0 Å². The SMILES string of the molecule is C=C[C@H](CC[C@H](C)C(C)(F)F)[C@H]1CCC[C@@H](CCC=IC)[C@@H](C)C1. The van der Waals surface area contributed by atoms with Crippen molar-refractivity contribution in [2.75, 3.05) is 4.93 Å². The molecule has 24 heavy (non-hydrogen) atoms. The highest BCUT2D eigenvalue weighted by Crippen LogP contribution is 2.40. The fraction of sp³-hybridized carbons (Fsp3) is 0.857. The van der Waals surface area contributed by atoms with Crippen LogP contribution in [-0.4, -0.2) is 14.9 Å². The van der Waals surface area contributed by atoms with E-state index in [0.717, 1.165) is 25.2 Å². The zero-order valence-corrected chi connectivity index (χ0v) is 18.2. The van der Waals surface area contributed by atoms with Gasteiger partial charge in [-0.2, -0.15) is 0 Å². The molecule has 1 aliphatic rings. The quantitative estimate of drug-likeness (QED) is 0.147. The van der Waals surface area contributed by atoms with Crippen molar-refractivity contribution in [1.82, 2.24) is 0 Å². The molecule has 1 fully saturated rings. The number of alkyl halides is 3. The van der Waals surface area contributed by atoms with Gasteiger partial charge in [0.05, 0.1) is 0 Å². The highest BCUT2D eigenvalue weighted by atomic mass is 127. The molecule has 0 unspecified atom stereocenters. The van der Waals surface area contributed by atoms with E-state index in [1.165, 1.54) is 38.5 Å². The minimum Gasteiger partial charge on any atom is -0.207 e. The molecule has 0 radical (unpaired) electrons. The first-order valence-corrected chi connectivity index (χ1v) is 13.0. The van der Waals surface area contributed by atoms with E-state index < -0.39 is 11.8 Å². The van der Waals surface area contributed by atoms with E-state index in [4.69, 9.17) is 0 Å². The molecular weight excluding hydrogens is 417 g/mol. The normalized spacial score (nSPS) is 28.8. The van der Waals surface area contributed by atoms with Gasteiger partial charge in [-0.15, -0.1) is 27.3 Å². The molecule has 0 aromatic carbocycles. The Balaban J connectivity index is 2.56. The van der Waals surface area contributed by atoms with Crippen LogP contribution in [0.3, 0.4) is 0 Å². The molecule has 0 saturated heterocycles. The Labute approximate surface area is 158 Å². The van der Waals surface area contributed by atoms with Crippen molar-refractivity contribution in [3.63, 3.8) is 0 Å². The van der Waals surface area contributed by atoms with Crippen LogP contribution in [0.4, 0.5) is 8.78 Å². The summed E-state index contributed by atoms with van der Waals surface area (Å²) in [5.74, 6) is -0.443. The summed E-state index contributed by atoms with van der Waals surface area (Å²) in [4.78, 5) is 2.32. The maximum absolute atomic E-state index is 13.4. The second kappa shape index (κ2) is 11.0. The molecule has 1 aliphatic carbocycles. The van der Waals surface area contributed by atoms with E-state index in [1.807, 2.05) is 6.08 Å². The van der Waals surface area contributed by atoms with Gasteiger partial charge in [0.25, 0.3) is 0 Å². The van der Waals surface area contributed by atoms with Crippen LogP contribution >= 0.6 is 20.7 Å². The molecule has 0 heterocycles. The molecule has 0 N–H and O–H groups in total. The third-order valence-electron chi connectivity index (χ3n) is 6.14. The molecule has 3 heteroatoms. The van der Waals surface area contributed by atoms with Crippen molar-refractivity contribution in [2.45, 2.75) is 78.1 Å². The monoisotopic (exact) mass is 454 g/mol. The zero-order valence-electron chi connectivity index (χ0n) is 16.0. The van der Waals surface area contributed by atoms with Gasteiger partial charge in [-0.05, 0) is 74.1 Å². The Morgan fingerprint density at radius 2 is 2.00 bits per heavy atom. The van der Waals surface area contributed by atoms with Crippen LogP contribution in [0.25, 0.3) is 0 Å². The minimum atomic E-state index is -2.56. The van der Waals surface area contributed by atoms with Crippen LogP contribution in [0.15, 0.2) is 12.7 Å². The van der Waals surface area contributed by atoms with Gasteiger partial charge in [0, 0.05) is 5.92 Å². The number of hydrogen-bond acceptors (Lipinski definition) is 0. The summed E-state index contributed by atoms with van der Waals surface area (Å²) >= 11 is 0.314. The van der Waals surface area contributed by atoms with Crippen molar-refractivity contribution in [2.24, 2.45) is 29.6 Å². The maximum Gasteiger partial charge on any atom is 0.247 e. The Bertz CT molecular complexity index is 386. The largest absolute Gasteiger partial charge is 0.247 e. The first-order valence-electron chi connectivity index (χ1n) is 9.59. The van der Waals surface area contributed by atoms with Crippen molar-refractivity contribution < 1.29 is 8.78 Å². The summed E-state index contributed by atoms with van der Waals surface area (Å²) in [5, 5.41) is 0. The Morgan fingerprint density at radius 3 is 2.58 bits per heavy atom. The maximum atomic E-state index is 13.4. The van der Waals surface area contributed by atoms with Crippen molar-refractivity contribution in [3.05, 3.63) is 12.7 Å². The average Bonchev–Trinajstić information content (AvgIpc) is 2.69. The highest BCUT2D eigenvalue weighted by molar-refractivity contribution is 14.2. The second-order valence-electron chi connectivity index (χ2n) is 7.95. The predicted molar refractivity (Wildman–Crippen MR) is 113 cm³/mol. The van der Waals surface area contributed by atoms with E-state index in [1.54, 1.807) is 6.92 Å². The minimum absolute atomic E-state index is 0.314. The van der Waals surface area contributed by atoms with Crippen LogP contribution < -0.4 is 0 Å². The van der Waals surface area contributed by atoms with Crippen LogP contribution in [0.5, 0.6) is 0 Å². The molecular formula is C21H37F2I. The van der Waals surface area contributed by atoms with Gasteiger partial charge in [-0.25, -0.2) is 8.78 Å². The standard InChI is InChI=1S/C21H37F2I/c1-6-18(13-12-17(3)21(4,22)23)20-10-7-9-19(16(2)15-20)11-8-14-24-5/h6,14,16-20H,1,7-13,15H2,2-5H3/t16-,17-,18+,19-,20-/m0/s1. The molecule has 0 nitrogen and oxygen atoms in total. The smallest absolute Gasteiger partial charge is 0.207 e. The summed E-state index contributed by atoms with van der Waals surface area (Å²) < 4.78 is 29.3. The number of allylic oxidation sites excluding steroid dienone is 1. The lowest BCUT2D eigenvalue weighted by Crippen LogP contribution is -2.23. The van der Waals surface area contributed by atoms with Gasteiger partial charge in [0.1, 0.15) is 0 Å². The zero-order chi connectivity index (χ0) is 18.2. The van der Waals surface area contributed by atoms with Crippen LogP contribution in [0.1, 0.15) is 72.1 Å². The lowest BCUT2D eigenvalue weighted by molar-refractivity contribution is -0.0374. The first-order chi connectivity index (χ1) is 11.3. The van der Waals surface area contributed by atoms with Crippen molar-refractivity contribution in [1.29, 1.82) is 0 Å². The van der Waals surface area contributed by atoms with Gasteiger partial charge in [-0.1, -0.05) is 36.8 Å². The van der Waals surface area contributed by atoms with E-state index in [2.05, 4.69) is 22.4 Å². The Hall–Kier alpha value is 0.200. The third-order valence-corrected chi connectivity index (χ3v) is 7.64. The van der Waals surface area contributed by atoms with Gasteiger partial charge in [-0.3, -0.25) is 0 Å². The Morgan fingerprint density at radius 1 is 1.29 bits per heavy atom. The fourth-order valence-corrected chi connectivity index (χ4v) is 5.14. The molecule has 0 aliphatic heterocycles. The summed E-state index contributed by atoms with van der Waals surface area (Å²) in [6, 6.07) is 0. The van der Waals surface area contributed by atoms with Crippen molar-refractivity contribution >= 4 is 24.7 Å². The van der Waals surface area contributed by atoms with Crippen LogP contribution in [0.2, 0.25) is 0 Å². The van der Waals surface area contributed by atoms with Gasteiger partial charge >= 0.3 is 0 Å². The molecule has 0 bridgehead atoms. The molecule has 0 amide bonds. The van der Waals surface area contributed by atoms with E-state index in [0.29, 0.717) is 39.0 Å². The number of rotatable bonds is 9. The van der Waals surface area contributed by atoms with Gasteiger partial charge in [0.15, 0.2) is 0 Å². The molecule has 142 valence electrons. The second-order valence-corrected chi connectivity index (χ2v) is 10.1. The molecule has 1 rings (SSSR count). The average molecular weight is 454 g/mol. The molecule has 1 saturated carbocycles. The van der Waals surface area contributed by atoms with Gasteiger partial charge < -0.3 is 0 Å². The van der Waals surface area contributed by atoms with E-state index in [9.17, 15) is 8.78 Å². The predicted octanol–water partition coefficient (Wildman–Crippen LogP) is 7.49. The summed E-state index contributed by atoms with van der Waals surface area (Å²) in [5.41, 5.74) is 0. The van der Waals surface area contributed by atoms with Crippen LogP contribution in [-0.2, 0) is 0 Å². The lowest BCUT2D eigenvalue weighted by Gasteiger charge is -2.28. The first kappa shape index (κ1) is 22.2. The molecule has 5 atom stereocenters. The van der Waals surface area contributed by atoms with E-state index >= 15 is 0 Å². The summed E-state index contributed by atoms with van der Waals surface area (Å²) in [6.07, 6.45) is 11.3. The number of hydrogen-bond donors (Lipinski definition) is 0. The van der Waals surface area contributed by atoms with Gasteiger partial charge in [0.2, 0.25) is 5.92 Å². The van der Waals surface area contributed by atoms with E-state index in [-0.39, 0.29) is 0 Å². The Kier molecular flexibility index (Phi) is 10.2. The third kappa shape index (κ3) is 7.61. The highest BCUT2D eigenvalue weighted by Gasteiger charge is 2.32. The molecule has 0 aromatic rings. The lowest BCUT2D eigenvalue weighted by atomic mass is 9.78. The number of halogens is 3. The molecule has 0 aromatic heterocycles.